The summed E-state index contributed by atoms with van der Waals surface area (Å²) in [4.78, 5) is 73.0. The lowest BCUT2D eigenvalue weighted by atomic mass is 9.72. The van der Waals surface area contributed by atoms with Gasteiger partial charge in [-0.1, -0.05) is 12.1 Å². The van der Waals surface area contributed by atoms with Crippen LogP contribution in [-0.2, 0) is 20.8 Å². The van der Waals surface area contributed by atoms with E-state index in [1.807, 2.05) is 0 Å². The number of fused-ring (bicyclic) bond motifs is 1. The van der Waals surface area contributed by atoms with Gasteiger partial charge in [0.2, 0.25) is 5.91 Å². The number of nitrogens with one attached hydrogen (secondary N) is 2. The molecule has 6 rings (SSSR count). The summed E-state index contributed by atoms with van der Waals surface area (Å²) in [5.41, 5.74) is 5.39. The van der Waals surface area contributed by atoms with E-state index in [-0.39, 0.29) is 55.0 Å². The molecule has 9 N–H and O–H groups in total. The standard InChI is InChI=1S/C35H36BF2N7O11/c1-16-21(15-23(38)28(48)27(16)47)26(30(49)41-24-13-17-5-6-22(37)25(33(52)53)29(17)56-36(24)55)42-34(39)45-12-11-44(31(50)32(45)51)19-7-9-43(10-8-19)35(54)40-18-3-2-4-20(46)14-18/h2-6,14-15,19,24,26,46-48,55H,7-13H2,1H3,(H2,39,42)(H,40,54)(H,41,49)(H,52,53)/t24-,26?/m0/s1. The molecule has 5 amide bonds. The number of nitrogens with two attached hydrogens (primary N) is 1. The van der Waals surface area contributed by atoms with Crippen LogP contribution < -0.4 is 21.0 Å². The second-order valence-corrected chi connectivity index (χ2v) is 13.4. The molecule has 18 nitrogen and oxygen atoms in total. The summed E-state index contributed by atoms with van der Waals surface area (Å²) < 4.78 is 34.3. The number of guanidine groups is 1. The molecule has 294 valence electrons. The van der Waals surface area contributed by atoms with Crippen molar-refractivity contribution in [2.24, 2.45) is 10.7 Å². The number of hydrogen-bond donors (Lipinski definition) is 8. The summed E-state index contributed by atoms with van der Waals surface area (Å²) in [5.74, 6) is -11.7. The fourth-order valence-electron chi connectivity index (χ4n) is 6.90. The molecule has 3 aliphatic heterocycles. The molecule has 1 unspecified atom stereocenters. The number of aromatic carboxylic acids is 1. The average molecular weight is 780 g/mol. The maximum Gasteiger partial charge on any atom is 0.547 e. The average Bonchev–Trinajstić information content (AvgIpc) is 3.15. The number of carbonyl (C=O) groups excluding carboxylic acids is 4. The Labute approximate surface area is 316 Å². The number of likely N-dealkylation sites (tertiary alicyclic amines) is 1. The Kier molecular flexibility index (Phi) is 10.9. The van der Waals surface area contributed by atoms with E-state index in [9.17, 15) is 58.2 Å². The van der Waals surface area contributed by atoms with Crippen LogP contribution in [0.1, 0.15) is 45.9 Å². The van der Waals surface area contributed by atoms with Gasteiger partial charge in [-0.3, -0.25) is 19.3 Å². The first kappa shape index (κ1) is 39.1. The second-order valence-electron chi connectivity index (χ2n) is 13.4. The minimum Gasteiger partial charge on any atom is -0.534 e. The van der Waals surface area contributed by atoms with Gasteiger partial charge >= 0.3 is 30.9 Å². The van der Waals surface area contributed by atoms with E-state index in [0.717, 1.165) is 11.0 Å². The molecule has 3 aromatic carbocycles. The molecule has 3 aromatic rings. The van der Waals surface area contributed by atoms with Crippen LogP contribution in [0, 0.1) is 18.6 Å². The minimum absolute atomic E-state index is 0.00456. The van der Waals surface area contributed by atoms with E-state index in [4.69, 9.17) is 10.4 Å². The van der Waals surface area contributed by atoms with Gasteiger partial charge in [-0.15, -0.1) is 0 Å². The molecule has 0 spiro atoms. The zero-order valence-corrected chi connectivity index (χ0v) is 29.6. The number of hydrogen-bond acceptors (Lipinski definition) is 11. The molecule has 21 heteroatoms. The maximum absolute atomic E-state index is 14.8. The summed E-state index contributed by atoms with van der Waals surface area (Å²) in [7, 11) is -1.91. The molecule has 0 bridgehead atoms. The molecule has 0 aliphatic carbocycles. The predicted octanol–water partition coefficient (Wildman–Crippen LogP) is 0.951. The number of benzene rings is 3. The smallest absolute Gasteiger partial charge is 0.534 e. The molecular formula is C35H36BF2N7O11. The van der Waals surface area contributed by atoms with Crippen molar-refractivity contribution >= 4 is 48.5 Å². The normalized spacial score (nSPS) is 18.3. The third-order valence-electron chi connectivity index (χ3n) is 9.90. The van der Waals surface area contributed by atoms with Crippen LogP contribution in [0.4, 0.5) is 19.3 Å². The van der Waals surface area contributed by atoms with Crippen molar-refractivity contribution in [2.75, 3.05) is 31.5 Å². The zero-order valence-electron chi connectivity index (χ0n) is 29.6. The van der Waals surface area contributed by atoms with E-state index in [2.05, 4.69) is 15.6 Å². The number of halogens is 2. The van der Waals surface area contributed by atoms with Crippen LogP contribution in [0.2, 0.25) is 0 Å². The number of carboxylic acids is 1. The van der Waals surface area contributed by atoms with Crippen LogP contribution in [0.3, 0.4) is 0 Å². The monoisotopic (exact) mass is 779 g/mol. The van der Waals surface area contributed by atoms with Gasteiger partial charge in [0, 0.05) is 49.5 Å². The Morgan fingerprint density at radius 2 is 1.70 bits per heavy atom. The molecule has 2 atom stereocenters. The first-order valence-electron chi connectivity index (χ1n) is 17.3. The van der Waals surface area contributed by atoms with E-state index >= 15 is 0 Å². The number of amides is 5. The summed E-state index contributed by atoms with van der Waals surface area (Å²) >= 11 is 0. The SMILES string of the molecule is Cc1c(C(N=C(N)N2CCN(C3CCN(C(=O)Nc4cccc(O)c4)CC3)C(=O)C2=O)C(=O)N[C@H]2Cc3ccc(F)c(C(=O)O)c3OB2O)cc(F)c(O)c1O. The quantitative estimate of drug-likeness (QED) is 0.0548. The molecule has 0 radical (unpaired) electrons. The number of carbonyl (C=O) groups is 5. The van der Waals surface area contributed by atoms with Crippen LogP contribution >= 0.6 is 0 Å². The Morgan fingerprint density at radius 1 is 0.982 bits per heavy atom. The van der Waals surface area contributed by atoms with Crippen LogP contribution in [0.25, 0.3) is 0 Å². The van der Waals surface area contributed by atoms with Crippen LogP contribution in [-0.4, -0.2) is 121 Å². The van der Waals surface area contributed by atoms with Gasteiger partial charge in [-0.2, -0.15) is 0 Å². The van der Waals surface area contributed by atoms with E-state index in [1.165, 1.54) is 34.9 Å². The van der Waals surface area contributed by atoms with Crippen molar-refractivity contribution in [2.45, 2.75) is 44.2 Å². The second kappa shape index (κ2) is 15.6. The van der Waals surface area contributed by atoms with E-state index < -0.39 is 95.3 Å². The first-order valence-corrected chi connectivity index (χ1v) is 17.3. The van der Waals surface area contributed by atoms with Crippen molar-refractivity contribution in [1.29, 1.82) is 0 Å². The highest BCUT2D eigenvalue weighted by atomic mass is 19.1. The van der Waals surface area contributed by atoms with Crippen molar-refractivity contribution in [3.05, 3.63) is 76.4 Å². The number of phenols is 3. The lowest BCUT2D eigenvalue weighted by Gasteiger charge is -2.41. The van der Waals surface area contributed by atoms with Gasteiger partial charge in [0.05, 0.1) is 5.94 Å². The maximum atomic E-state index is 14.8. The number of aromatic hydroxyl groups is 3. The lowest BCUT2D eigenvalue weighted by molar-refractivity contribution is -0.155. The largest absolute Gasteiger partial charge is 0.547 e. The fourth-order valence-corrected chi connectivity index (χ4v) is 6.90. The molecule has 0 saturated carbocycles. The number of carboxylic acid groups (broad SMARTS) is 1. The summed E-state index contributed by atoms with van der Waals surface area (Å²) in [6, 6.07) is 6.16. The zero-order chi connectivity index (χ0) is 40.6. The number of piperidine rings is 1. The predicted molar refractivity (Wildman–Crippen MR) is 192 cm³/mol. The molecule has 56 heavy (non-hydrogen) atoms. The number of nitrogens with zero attached hydrogens (tertiary/aromatic N) is 4. The molecule has 3 aliphatic rings. The lowest BCUT2D eigenvalue weighted by Crippen LogP contribution is -2.61. The van der Waals surface area contributed by atoms with Gasteiger partial charge < -0.3 is 56.3 Å². The van der Waals surface area contributed by atoms with Crippen molar-refractivity contribution in [1.82, 2.24) is 20.0 Å². The summed E-state index contributed by atoms with van der Waals surface area (Å²) in [6.07, 6.45) is 0.432. The summed E-state index contributed by atoms with van der Waals surface area (Å²) in [5, 5.41) is 55.4. The summed E-state index contributed by atoms with van der Waals surface area (Å²) in [6.45, 7) is 1.58. The van der Waals surface area contributed by atoms with Crippen LogP contribution in [0.15, 0.2) is 47.5 Å². The number of aliphatic imine (C=N–C) groups is 1. The number of anilines is 1. The van der Waals surface area contributed by atoms with Gasteiger partial charge in [0.1, 0.15) is 22.9 Å². The first-order chi connectivity index (χ1) is 26.5. The molecule has 2 saturated heterocycles. The third kappa shape index (κ3) is 7.65. The van der Waals surface area contributed by atoms with Gasteiger partial charge in [-0.25, -0.2) is 23.4 Å². The Bertz CT molecular complexity index is 2150. The molecular weight excluding hydrogens is 743 g/mol. The number of piperazine rings is 1. The van der Waals surface area contributed by atoms with Crippen LogP contribution in [0.5, 0.6) is 23.0 Å². The van der Waals surface area contributed by atoms with E-state index in [1.54, 1.807) is 12.1 Å². The van der Waals surface area contributed by atoms with Crippen molar-refractivity contribution < 1.29 is 62.9 Å². The van der Waals surface area contributed by atoms with Gasteiger partial charge in [-0.05, 0) is 61.6 Å². The highest BCUT2D eigenvalue weighted by molar-refractivity contribution is 6.47. The Balaban J connectivity index is 1.18. The Hall–Kier alpha value is -6.64. The Morgan fingerprint density at radius 3 is 2.38 bits per heavy atom. The number of urea groups is 1. The van der Waals surface area contributed by atoms with E-state index in [0.29, 0.717) is 24.6 Å². The molecule has 0 aromatic heterocycles. The van der Waals surface area contributed by atoms with Crippen molar-refractivity contribution in [3.63, 3.8) is 0 Å². The highest BCUT2D eigenvalue weighted by Gasteiger charge is 2.42. The molecule has 2 fully saturated rings. The van der Waals surface area contributed by atoms with Crippen molar-refractivity contribution in [3.8, 4) is 23.0 Å². The molecule has 3 heterocycles. The third-order valence-corrected chi connectivity index (χ3v) is 9.90. The van der Waals surface area contributed by atoms with Gasteiger partial charge in [0.15, 0.2) is 29.3 Å². The minimum atomic E-state index is -1.91. The number of phenolic OH excluding ortho intramolecular Hbond substituents is 3. The topological polar surface area (TPSA) is 268 Å². The highest BCUT2D eigenvalue weighted by Crippen LogP contribution is 2.38. The number of rotatable bonds is 7. The van der Waals surface area contributed by atoms with Gasteiger partial charge in [0.25, 0.3) is 0 Å². The fraction of sp³-hybridized carbons (Fsp3) is 0.314.